The molecule has 2 aromatic carbocycles. The molecule has 0 aromatic heterocycles. The largest absolute Gasteiger partial charge is 0.455 e. The fourth-order valence-corrected chi connectivity index (χ4v) is 5.00. The minimum atomic E-state index is -5.87. The second-order valence-electron chi connectivity index (χ2n) is 8.40. The van der Waals surface area contributed by atoms with Crippen molar-refractivity contribution in [1.82, 2.24) is 5.32 Å². The smallest absolute Gasteiger partial charge is 0.346 e. The molecule has 1 aliphatic carbocycles. The van der Waals surface area contributed by atoms with Crippen LogP contribution in [-0.4, -0.2) is 35.3 Å². The Morgan fingerprint density at radius 2 is 1.72 bits per heavy atom. The van der Waals surface area contributed by atoms with E-state index < -0.39 is 63.6 Å². The molecule has 1 saturated carbocycles. The normalized spacial score (nSPS) is 21.8. The number of nitrogens with one attached hydrogen (secondary N) is 2. The highest BCUT2D eigenvalue weighted by Gasteiger charge is 2.66. The number of hydrogen-bond donors (Lipinski definition) is 2. The number of alkyl halides is 6. The summed E-state index contributed by atoms with van der Waals surface area (Å²) in [5.74, 6) is -8.79. The zero-order valence-electron chi connectivity index (χ0n) is 18.7. The topological polar surface area (TPSA) is 58.2 Å². The standard InChI is InChI=1S/C23H19Cl3F6N2O2/c1-3-21(26)16(11-4-6-13(27)10(2)8-11)17(21)20(36)34-14-7-5-12(24)15(18(14)25)19(35)33-9-22(28,29)23(30,31)32/h4-8,16-17H,3,9H2,1-2H3,(H,33,35)(H,34,36). The van der Waals surface area contributed by atoms with Crippen molar-refractivity contribution >= 4 is 52.3 Å². The van der Waals surface area contributed by atoms with Crippen molar-refractivity contribution in [2.45, 2.75) is 43.2 Å². The predicted molar refractivity (Wildman–Crippen MR) is 125 cm³/mol. The second kappa shape index (κ2) is 9.95. The molecule has 3 atom stereocenters. The first-order valence-corrected chi connectivity index (χ1v) is 11.6. The molecule has 2 N–H and O–H groups in total. The molecule has 3 unspecified atom stereocenters. The molecule has 1 fully saturated rings. The van der Waals surface area contributed by atoms with Crippen LogP contribution in [0.4, 0.5) is 32.0 Å². The van der Waals surface area contributed by atoms with Gasteiger partial charge in [0.2, 0.25) is 5.91 Å². The third-order valence-electron chi connectivity index (χ3n) is 6.09. The minimum Gasteiger partial charge on any atom is -0.346 e. The van der Waals surface area contributed by atoms with Crippen LogP contribution in [0.25, 0.3) is 0 Å². The molecule has 0 spiro atoms. The Morgan fingerprint density at radius 3 is 2.28 bits per heavy atom. The Labute approximate surface area is 217 Å². The van der Waals surface area contributed by atoms with Gasteiger partial charge in [-0.3, -0.25) is 9.59 Å². The van der Waals surface area contributed by atoms with Gasteiger partial charge >= 0.3 is 12.1 Å². The van der Waals surface area contributed by atoms with Gasteiger partial charge in [0, 0.05) is 5.92 Å². The molecule has 36 heavy (non-hydrogen) atoms. The number of aryl methyl sites for hydroxylation is 1. The Hall–Kier alpha value is -2.17. The Balaban J connectivity index is 1.82. The van der Waals surface area contributed by atoms with Crippen LogP contribution < -0.4 is 10.6 Å². The molecule has 2 amide bonds. The minimum absolute atomic E-state index is 0.130. The van der Waals surface area contributed by atoms with E-state index in [-0.39, 0.29) is 10.7 Å². The van der Waals surface area contributed by atoms with E-state index >= 15 is 0 Å². The maximum Gasteiger partial charge on any atom is 0.455 e. The Kier molecular flexibility index (Phi) is 7.85. The lowest BCUT2D eigenvalue weighted by Crippen LogP contribution is -2.46. The van der Waals surface area contributed by atoms with Gasteiger partial charge in [-0.15, -0.1) is 11.6 Å². The van der Waals surface area contributed by atoms with Crippen LogP contribution in [0.2, 0.25) is 10.0 Å². The van der Waals surface area contributed by atoms with E-state index in [1.54, 1.807) is 19.9 Å². The summed E-state index contributed by atoms with van der Waals surface area (Å²) in [4.78, 5) is 24.5. The summed E-state index contributed by atoms with van der Waals surface area (Å²) in [6, 6.07) is 6.76. The quantitative estimate of drug-likeness (QED) is 0.273. The van der Waals surface area contributed by atoms with Gasteiger partial charge in [-0.05, 0) is 42.7 Å². The lowest BCUT2D eigenvalue weighted by Gasteiger charge is -2.20. The molecule has 0 aliphatic heterocycles. The number of anilines is 1. The van der Waals surface area contributed by atoms with E-state index in [0.29, 0.717) is 17.5 Å². The zero-order valence-corrected chi connectivity index (χ0v) is 20.9. The van der Waals surface area contributed by atoms with E-state index in [9.17, 15) is 35.9 Å². The number of amides is 2. The molecule has 1 aliphatic rings. The lowest BCUT2D eigenvalue weighted by molar-refractivity contribution is -0.278. The van der Waals surface area contributed by atoms with Crippen LogP contribution in [0.1, 0.15) is 40.7 Å². The number of rotatable bonds is 7. The van der Waals surface area contributed by atoms with Gasteiger partial charge in [0.15, 0.2) is 0 Å². The van der Waals surface area contributed by atoms with Crippen molar-refractivity contribution in [3.63, 3.8) is 0 Å². The summed E-state index contributed by atoms with van der Waals surface area (Å²) in [7, 11) is 0. The average molecular weight is 576 g/mol. The highest BCUT2D eigenvalue weighted by atomic mass is 35.5. The van der Waals surface area contributed by atoms with Gasteiger partial charge in [0.25, 0.3) is 5.91 Å². The molecule has 13 heteroatoms. The van der Waals surface area contributed by atoms with Crippen LogP contribution in [0.5, 0.6) is 0 Å². The van der Waals surface area contributed by atoms with Crippen LogP contribution in [0.3, 0.4) is 0 Å². The summed E-state index contributed by atoms with van der Waals surface area (Å²) in [5, 5.41) is 3.17. The van der Waals surface area contributed by atoms with Gasteiger partial charge in [0.05, 0.1) is 38.6 Å². The summed E-state index contributed by atoms with van der Waals surface area (Å²) in [6.07, 6.45) is -5.48. The first-order valence-electron chi connectivity index (χ1n) is 10.5. The molecule has 196 valence electrons. The monoisotopic (exact) mass is 574 g/mol. The van der Waals surface area contributed by atoms with Gasteiger partial charge in [-0.25, -0.2) is 4.39 Å². The zero-order chi connectivity index (χ0) is 27.2. The number of hydrogen-bond acceptors (Lipinski definition) is 2. The van der Waals surface area contributed by atoms with E-state index in [4.69, 9.17) is 34.8 Å². The highest BCUT2D eigenvalue weighted by Crippen LogP contribution is 2.64. The first kappa shape index (κ1) is 28.4. The van der Waals surface area contributed by atoms with Crippen LogP contribution in [-0.2, 0) is 4.79 Å². The number of carbonyl (C=O) groups excluding carboxylic acids is 2. The molecule has 2 aromatic rings. The summed E-state index contributed by atoms with van der Waals surface area (Å²) in [5.41, 5.74) is 0.304. The summed E-state index contributed by atoms with van der Waals surface area (Å²) >= 11 is 18.8. The van der Waals surface area contributed by atoms with E-state index in [1.165, 1.54) is 23.5 Å². The van der Waals surface area contributed by atoms with Gasteiger partial charge in [-0.2, -0.15) is 22.0 Å². The fraction of sp³-hybridized carbons (Fsp3) is 0.391. The Morgan fingerprint density at radius 1 is 1.08 bits per heavy atom. The third-order valence-corrected chi connectivity index (χ3v) is 7.53. The van der Waals surface area contributed by atoms with Gasteiger partial charge in [0.1, 0.15) is 5.82 Å². The van der Waals surface area contributed by atoms with Gasteiger partial charge < -0.3 is 10.6 Å². The van der Waals surface area contributed by atoms with Crippen molar-refractivity contribution in [1.29, 1.82) is 0 Å². The van der Waals surface area contributed by atoms with E-state index in [0.717, 1.165) is 6.07 Å². The number of carbonyl (C=O) groups is 2. The van der Waals surface area contributed by atoms with Crippen molar-refractivity contribution in [3.05, 3.63) is 62.9 Å². The molecule has 0 bridgehead atoms. The molecule has 0 saturated heterocycles. The van der Waals surface area contributed by atoms with Crippen LogP contribution in [0.15, 0.2) is 30.3 Å². The number of halogens is 9. The summed E-state index contributed by atoms with van der Waals surface area (Å²) < 4.78 is 77.2. The SMILES string of the molecule is CCC1(Cl)C(C(=O)Nc2ccc(Cl)c(C(=O)NCC(F)(F)C(F)(F)F)c2Cl)C1c1ccc(F)c(C)c1. The highest BCUT2D eigenvalue weighted by molar-refractivity contribution is 6.41. The van der Waals surface area contributed by atoms with Crippen molar-refractivity contribution < 1.29 is 35.9 Å². The maximum absolute atomic E-state index is 13.7. The molecular formula is C23H19Cl3F6N2O2. The predicted octanol–water partition coefficient (Wildman–Crippen LogP) is 7.11. The molecule has 3 rings (SSSR count). The van der Waals surface area contributed by atoms with Crippen molar-refractivity contribution in [3.8, 4) is 0 Å². The average Bonchev–Trinajstić information content (AvgIpc) is 3.41. The van der Waals surface area contributed by atoms with Crippen molar-refractivity contribution in [2.75, 3.05) is 11.9 Å². The fourth-order valence-electron chi connectivity index (χ4n) is 4.00. The second-order valence-corrected chi connectivity index (χ2v) is 9.89. The third kappa shape index (κ3) is 5.26. The molecule has 0 heterocycles. The van der Waals surface area contributed by atoms with Gasteiger partial charge in [-0.1, -0.05) is 42.3 Å². The maximum atomic E-state index is 13.7. The van der Waals surface area contributed by atoms with Crippen molar-refractivity contribution in [2.24, 2.45) is 5.92 Å². The molecular weight excluding hydrogens is 557 g/mol. The lowest BCUT2D eigenvalue weighted by atomic mass is 10.0. The van der Waals surface area contributed by atoms with E-state index in [2.05, 4.69) is 5.32 Å². The first-order chi connectivity index (χ1) is 16.5. The molecule has 0 radical (unpaired) electrons. The van der Waals surface area contributed by atoms with Crippen LogP contribution in [0, 0.1) is 18.7 Å². The summed E-state index contributed by atoms with van der Waals surface area (Å²) in [6.45, 7) is 1.31. The van der Waals surface area contributed by atoms with E-state index in [1.807, 2.05) is 0 Å². The number of benzene rings is 2. The van der Waals surface area contributed by atoms with Crippen LogP contribution >= 0.6 is 34.8 Å². The Bertz CT molecular complexity index is 1210. The molecule has 4 nitrogen and oxygen atoms in total.